The molecule has 3 aromatic carbocycles. The molecule has 1 atom stereocenters. The van der Waals surface area contributed by atoms with E-state index in [1.165, 1.54) is 23.3 Å². The van der Waals surface area contributed by atoms with Crippen molar-refractivity contribution in [3.8, 4) is 0 Å². The van der Waals surface area contributed by atoms with Crippen LogP contribution in [0, 0.1) is 20.8 Å². The Morgan fingerprint density at radius 2 is 1.43 bits per heavy atom. The molecule has 0 fully saturated rings. The quantitative estimate of drug-likeness (QED) is 0.593. The maximum Gasteiger partial charge on any atom is 0.261 e. The fourth-order valence-electron chi connectivity index (χ4n) is 3.31. The number of aryl methyl sites for hydroxylation is 3. The molecule has 0 aliphatic rings. The Kier molecular flexibility index (Phi) is 6.27. The minimum absolute atomic E-state index is 0.145. The third-order valence-electron chi connectivity index (χ3n) is 5.15. The number of nitrogens with one attached hydrogen (secondary N) is 2. The van der Waals surface area contributed by atoms with Gasteiger partial charge in [0.1, 0.15) is 0 Å². The van der Waals surface area contributed by atoms with Crippen LogP contribution < -0.4 is 10.0 Å². The molecule has 5 nitrogen and oxygen atoms in total. The van der Waals surface area contributed by atoms with Crippen molar-refractivity contribution in [3.05, 3.63) is 94.5 Å². The molecule has 3 aromatic rings. The summed E-state index contributed by atoms with van der Waals surface area (Å²) < 4.78 is 27.4. The second-order valence-electron chi connectivity index (χ2n) is 7.48. The number of carbonyl (C=O) groups is 1. The molecule has 1 amide bonds. The zero-order chi connectivity index (χ0) is 21.9. The Bertz CT molecular complexity index is 1160. The summed E-state index contributed by atoms with van der Waals surface area (Å²) in [5.74, 6) is -0.211. The number of benzene rings is 3. The Hall–Kier alpha value is -3.12. The lowest BCUT2D eigenvalue weighted by Crippen LogP contribution is -2.27. The van der Waals surface area contributed by atoms with E-state index in [9.17, 15) is 13.2 Å². The lowest BCUT2D eigenvalue weighted by molar-refractivity contribution is 0.0940. The van der Waals surface area contributed by atoms with Crippen molar-refractivity contribution in [2.75, 3.05) is 4.72 Å². The third kappa shape index (κ3) is 4.89. The molecule has 0 saturated carbocycles. The molecule has 0 saturated heterocycles. The van der Waals surface area contributed by atoms with Crippen LogP contribution >= 0.6 is 0 Å². The van der Waals surface area contributed by atoms with E-state index in [4.69, 9.17) is 0 Å². The highest BCUT2D eigenvalue weighted by molar-refractivity contribution is 7.92. The molecule has 0 aliphatic carbocycles. The number of sulfonamides is 1. The number of hydrogen-bond donors (Lipinski definition) is 2. The molecule has 156 valence electrons. The first-order valence-corrected chi connectivity index (χ1v) is 11.2. The molecular weight excluding hydrogens is 396 g/mol. The number of amides is 1. The fourth-order valence-corrected chi connectivity index (χ4v) is 4.39. The van der Waals surface area contributed by atoms with Crippen LogP contribution in [0.4, 0.5) is 5.69 Å². The zero-order valence-electron chi connectivity index (χ0n) is 17.6. The first kappa shape index (κ1) is 21.6. The van der Waals surface area contributed by atoms with Crippen molar-refractivity contribution < 1.29 is 13.2 Å². The van der Waals surface area contributed by atoms with Gasteiger partial charge in [0.05, 0.1) is 10.9 Å². The second kappa shape index (κ2) is 8.71. The van der Waals surface area contributed by atoms with Gasteiger partial charge in [0.25, 0.3) is 15.9 Å². The summed E-state index contributed by atoms with van der Waals surface area (Å²) in [6, 6.07) is 18.6. The van der Waals surface area contributed by atoms with Crippen molar-refractivity contribution >= 4 is 21.6 Å². The second-order valence-corrected chi connectivity index (χ2v) is 9.17. The molecular formula is C24H26N2O3S. The standard InChI is InChI=1S/C24H26N2O3S/c1-16-14-18(3)23(15-17(16)2)19(4)25-24(27)20-10-12-21(13-11-20)26-30(28,29)22-8-6-5-7-9-22/h5-15,19,26H,1-4H3,(H,25,27). The molecule has 0 radical (unpaired) electrons. The van der Waals surface area contributed by atoms with Gasteiger partial charge in [-0.1, -0.05) is 30.3 Å². The Balaban J connectivity index is 1.70. The maximum atomic E-state index is 12.7. The Morgan fingerprint density at radius 3 is 2.07 bits per heavy atom. The van der Waals surface area contributed by atoms with E-state index in [1.54, 1.807) is 42.5 Å². The molecule has 0 heterocycles. The Labute approximate surface area is 178 Å². The minimum Gasteiger partial charge on any atom is -0.346 e. The van der Waals surface area contributed by atoms with Crippen LogP contribution in [0.2, 0.25) is 0 Å². The number of rotatable bonds is 6. The molecule has 2 N–H and O–H groups in total. The smallest absolute Gasteiger partial charge is 0.261 e. The van der Waals surface area contributed by atoms with Crippen molar-refractivity contribution in [3.63, 3.8) is 0 Å². The monoisotopic (exact) mass is 422 g/mol. The largest absolute Gasteiger partial charge is 0.346 e. The molecule has 0 spiro atoms. The third-order valence-corrected chi connectivity index (χ3v) is 6.55. The highest BCUT2D eigenvalue weighted by Crippen LogP contribution is 2.22. The van der Waals surface area contributed by atoms with Crippen molar-refractivity contribution in [2.24, 2.45) is 0 Å². The van der Waals surface area contributed by atoms with E-state index < -0.39 is 10.0 Å². The predicted molar refractivity (Wildman–Crippen MR) is 120 cm³/mol. The van der Waals surface area contributed by atoms with Crippen molar-refractivity contribution in [1.82, 2.24) is 5.32 Å². The predicted octanol–water partition coefficient (Wildman–Crippen LogP) is 4.90. The SMILES string of the molecule is Cc1cc(C)c(C(C)NC(=O)c2ccc(NS(=O)(=O)c3ccccc3)cc2)cc1C. The summed E-state index contributed by atoms with van der Waals surface area (Å²) in [4.78, 5) is 12.8. The number of anilines is 1. The summed E-state index contributed by atoms with van der Waals surface area (Å²) in [5, 5.41) is 3.02. The summed E-state index contributed by atoms with van der Waals surface area (Å²) >= 11 is 0. The summed E-state index contributed by atoms with van der Waals surface area (Å²) in [7, 11) is -3.66. The van der Waals surface area contributed by atoms with Crippen molar-refractivity contribution in [1.29, 1.82) is 0 Å². The van der Waals surface area contributed by atoms with Crippen LogP contribution in [0.25, 0.3) is 0 Å². The molecule has 1 unspecified atom stereocenters. The minimum atomic E-state index is -3.66. The molecule has 30 heavy (non-hydrogen) atoms. The van der Waals surface area contributed by atoms with Crippen LogP contribution in [-0.2, 0) is 10.0 Å². The Morgan fingerprint density at radius 1 is 0.833 bits per heavy atom. The van der Waals surface area contributed by atoms with E-state index in [0.29, 0.717) is 11.3 Å². The van der Waals surface area contributed by atoms with Gasteiger partial charge >= 0.3 is 0 Å². The highest BCUT2D eigenvalue weighted by Gasteiger charge is 2.16. The molecule has 3 rings (SSSR count). The summed E-state index contributed by atoms with van der Waals surface area (Å²) in [5.41, 5.74) is 5.49. The van der Waals surface area contributed by atoms with E-state index in [1.807, 2.05) is 13.8 Å². The van der Waals surface area contributed by atoms with Gasteiger partial charge in [-0.2, -0.15) is 0 Å². The lowest BCUT2D eigenvalue weighted by atomic mass is 9.96. The first-order chi connectivity index (χ1) is 14.2. The van der Waals surface area contributed by atoms with Gasteiger partial charge in [-0.25, -0.2) is 8.42 Å². The lowest BCUT2D eigenvalue weighted by Gasteiger charge is -2.18. The van der Waals surface area contributed by atoms with Crippen LogP contribution in [0.3, 0.4) is 0 Å². The topological polar surface area (TPSA) is 75.3 Å². The van der Waals surface area contributed by atoms with E-state index in [2.05, 4.69) is 36.0 Å². The summed E-state index contributed by atoms with van der Waals surface area (Å²) in [6.45, 7) is 8.13. The van der Waals surface area contributed by atoms with Gasteiger partial charge in [0, 0.05) is 11.3 Å². The van der Waals surface area contributed by atoms with Gasteiger partial charge in [0.15, 0.2) is 0 Å². The maximum absolute atomic E-state index is 12.7. The van der Waals surface area contributed by atoms with Crippen LogP contribution in [-0.4, -0.2) is 14.3 Å². The zero-order valence-corrected chi connectivity index (χ0v) is 18.4. The normalized spacial score (nSPS) is 12.3. The highest BCUT2D eigenvalue weighted by atomic mass is 32.2. The van der Waals surface area contributed by atoms with E-state index in [-0.39, 0.29) is 16.8 Å². The molecule has 0 aliphatic heterocycles. The van der Waals surface area contributed by atoms with Gasteiger partial charge in [-0.05, 0) is 86.3 Å². The number of carbonyl (C=O) groups excluding carboxylic acids is 1. The van der Waals surface area contributed by atoms with Crippen molar-refractivity contribution in [2.45, 2.75) is 38.6 Å². The van der Waals surface area contributed by atoms with Gasteiger partial charge < -0.3 is 5.32 Å². The van der Waals surface area contributed by atoms with Gasteiger partial charge in [0.2, 0.25) is 0 Å². The van der Waals surface area contributed by atoms with E-state index in [0.717, 1.165) is 11.1 Å². The van der Waals surface area contributed by atoms with Gasteiger partial charge in [-0.15, -0.1) is 0 Å². The van der Waals surface area contributed by atoms with Crippen LogP contribution in [0.5, 0.6) is 0 Å². The summed E-state index contributed by atoms with van der Waals surface area (Å²) in [6.07, 6.45) is 0. The molecule has 0 aromatic heterocycles. The van der Waals surface area contributed by atoms with Crippen LogP contribution in [0.15, 0.2) is 71.6 Å². The molecule has 0 bridgehead atoms. The number of hydrogen-bond acceptors (Lipinski definition) is 3. The average molecular weight is 423 g/mol. The molecule has 6 heteroatoms. The van der Waals surface area contributed by atoms with E-state index >= 15 is 0 Å². The first-order valence-electron chi connectivity index (χ1n) is 9.74. The van der Waals surface area contributed by atoms with Crippen LogP contribution in [0.1, 0.15) is 45.6 Å². The average Bonchev–Trinajstić information content (AvgIpc) is 2.71. The fraction of sp³-hybridized carbons (Fsp3) is 0.208. The van der Waals surface area contributed by atoms with Gasteiger partial charge in [-0.3, -0.25) is 9.52 Å².